The summed E-state index contributed by atoms with van der Waals surface area (Å²) in [6.07, 6.45) is 3.47. The highest BCUT2D eigenvalue weighted by atomic mass is 79.9. The summed E-state index contributed by atoms with van der Waals surface area (Å²) in [5, 5.41) is 0. The molecule has 0 spiro atoms. The summed E-state index contributed by atoms with van der Waals surface area (Å²) in [6.45, 7) is 4.12. The standard InChI is InChI=1S/C11H10BrFN2O/c1-2-7-3-10(16)15(6-7)9-4-8(12)5-14-11(9)13/h2,4-5,7H,1,3,6H2. The molecule has 1 fully saturated rings. The Labute approximate surface area is 101 Å². The van der Waals surface area contributed by atoms with Gasteiger partial charge in [0.1, 0.15) is 5.69 Å². The Morgan fingerprint density at radius 3 is 3.06 bits per heavy atom. The Bertz CT molecular complexity index is 450. The van der Waals surface area contributed by atoms with Crippen molar-refractivity contribution in [3.05, 3.63) is 35.3 Å². The van der Waals surface area contributed by atoms with Crippen LogP contribution in [0, 0.1) is 11.9 Å². The SMILES string of the molecule is C=CC1CC(=O)N(c2cc(Br)cnc2F)C1. The van der Waals surface area contributed by atoms with Crippen molar-refractivity contribution in [2.45, 2.75) is 6.42 Å². The third-order valence-corrected chi connectivity index (χ3v) is 3.00. The lowest BCUT2D eigenvalue weighted by molar-refractivity contribution is -0.117. The van der Waals surface area contributed by atoms with Crippen LogP contribution in [0.2, 0.25) is 0 Å². The van der Waals surface area contributed by atoms with Crippen LogP contribution in [-0.2, 0) is 4.79 Å². The Morgan fingerprint density at radius 1 is 1.69 bits per heavy atom. The number of hydrogen-bond donors (Lipinski definition) is 0. The summed E-state index contributed by atoms with van der Waals surface area (Å²) < 4.78 is 14.1. The Kier molecular flexibility index (Phi) is 3.05. The number of amides is 1. The van der Waals surface area contributed by atoms with Crippen LogP contribution in [0.3, 0.4) is 0 Å². The normalized spacial score (nSPS) is 20.2. The maximum atomic E-state index is 13.5. The van der Waals surface area contributed by atoms with Crippen molar-refractivity contribution in [3.8, 4) is 0 Å². The zero-order chi connectivity index (χ0) is 11.7. The third kappa shape index (κ3) is 2.00. The van der Waals surface area contributed by atoms with Crippen LogP contribution in [0.1, 0.15) is 6.42 Å². The van der Waals surface area contributed by atoms with Gasteiger partial charge in [-0.2, -0.15) is 4.39 Å². The molecule has 16 heavy (non-hydrogen) atoms. The molecule has 3 nitrogen and oxygen atoms in total. The average molecular weight is 285 g/mol. The fourth-order valence-corrected chi connectivity index (χ4v) is 2.05. The summed E-state index contributed by atoms with van der Waals surface area (Å²) in [7, 11) is 0. The van der Waals surface area contributed by atoms with E-state index in [-0.39, 0.29) is 17.5 Å². The van der Waals surface area contributed by atoms with E-state index in [1.54, 1.807) is 12.1 Å². The fraction of sp³-hybridized carbons (Fsp3) is 0.273. The van der Waals surface area contributed by atoms with Gasteiger partial charge in [0.2, 0.25) is 11.9 Å². The van der Waals surface area contributed by atoms with Gasteiger partial charge >= 0.3 is 0 Å². The quantitative estimate of drug-likeness (QED) is 0.618. The van der Waals surface area contributed by atoms with Gasteiger partial charge in [0, 0.05) is 29.6 Å². The van der Waals surface area contributed by atoms with E-state index < -0.39 is 5.95 Å². The number of nitrogens with zero attached hydrogens (tertiary/aromatic N) is 2. The van der Waals surface area contributed by atoms with Gasteiger partial charge in [-0.25, -0.2) is 4.98 Å². The van der Waals surface area contributed by atoms with Gasteiger partial charge in [-0.1, -0.05) is 6.08 Å². The van der Waals surface area contributed by atoms with Gasteiger partial charge in [-0.15, -0.1) is 6.58 Å². The first-order valence-corrected chi connectivity index (χ1v) is 5.65. The van der Waals surface area contributed by atoms with Crippen molar-refractivity contribution in [3.63, 3.8) is 0 Å². The summed E-state index contributed by atoms with van der Waals surface area (Å²) in [5.41, 5.74) is 0.226. The highest BCUT2D eigenvalue weighted by molar-refractivity contribution is 9.10. The van der Waals surface area contributed by atoms with Crippen LogP contribution in [0.4, 0.5) is 10.1 Å². The number of anilines is 1. The Morgan fingerprint density at radius 2 is 2.44 bits per heavy atom. The summed E-state index contributed by atoms with van der Waals surface area (Å²) >= 11 is 3.21. The zero-order valence-electron chi connectivity index (χ0n) is 8.49. The molecule has 0 saturated carbocycles. The summed E-state index contributed by atoms with van der Waals surface area (Å²) in [6, 6.07) is 1.56. The smallest absolute Gasteiger partial charge is 0.236 e. The predicted molar refractivity (Wildman–Crippen MR) is 62.6 cm³/mol. The topological polar surface area (TPSA) is 33.2 Å². The molecular weight excluding hydrogens is 275 g/mol. The van der Waals surface area contributed by atoms with Crippen molar-refractivity contribution in [2.75, 3.05) is 11.4 Å². The lowest BCUT2D eigenvalue weighted by Crippen LogP contribution is -2.25. The number of carbonyl (C=O) groups excluding carboxylic acids is 1. The molecule has 0 aromatic carbocycles. The summed E-state index contributed by atoms with van der Waals surface area (Å²) in [4.78, 5) is 16.7. The van der Waals surface area contributed by atoms with E-state index in [1.165, 1.54) is 11.1 Å². The number of carbonyl (C=O) groups is 1. The van der Waals surface area contributed by atoms with E-state index in [0.29, 0.717) is 17.4 Å². The van der Waals surface area contributed by atoms with Gasteiger partial charge in [-0.05, 0) is 22.0 Å². The molecule has 84 valence electrons. The van der Waals surface area contributed by atoms with Crippen LogP contribution in [0.25, 0.3) is 0 Å². The van der Waals surface area contributed by atoms with Gasteiger partial charge < -0.3 is 4.90 Å². The second-order valence-electron chi connectivity index (χ2n) is 3.67. The van der Waals surface area contributed by atoms with Gasteiger partial charge in [0.15, 0.2) is 0 Å². The number of pyridine rings is 1. The fourth-order valence-electron chi connectivity index (χ4n) is 1.73. The van der Waals surface area contributed by atoms with E-state index >= 15 is 0 Å². The van der Waals surface area contributed by atoms with Crippen molar-refractivity contribution in [1.29, 1.82) is 0 Å². The van der Waals surface area contributed by atoms with Gasteiger partial charge in [0.05, 0.1) is 0 Å². The maximum Gasteiger partial charge on any atom is 0.236 e. The highest BCUT2D eigenvalue weighted by Gasteiger charge is 2.30. The van der Waals surface area contributed by atoms with Crippen molar-refractivity contribution >= 4 is 27.5 Å². The molecule has 1 aliphatic rings. The van der Waals surface area contributed by atoms with Crippen LogP contribution in [0.5, 0.6) is 0 Å². The second kappa shape index (κ2) is 4.33. The molecule has 1 aliphatic heterocycles. The molecule has 0 aliphatic carbocycles. The van der Waals surface area contributed by atoms with Crippen LogP contribution in [-0.4, -0.2) is 17.4 Å². The first kappa shape index (κ1) is 11.3. The highest BCUT2D eigenvalue weighted by Crippen LogP contribution is 2.28. The molecule has 5 heteroatoms. The molecule has 2 heterocycles. The van der Waals surface area contributed by atoms with E-state index in [2.05, 4.69) is 27.5 Å². The molecule has 0 N–H and O–H groups in total. The maximum absolute atomic E-state index is 13.5. The van der Waals surface area contributed by atoms with E-state index in [1.807, 2.05) is 0 Å². The molecular formula is C11H10BrFN2O. The molecule has 1 saturated heterocycles. The van der Waals surface area contributed by atoms with E-state index in [9.17, 15) is 9.18 Å². The van der Waals surface area contributed by atoms with Crippen molar-refractivity contribution in [1.82, 2.24) is 4.98 Å². The lowest BCUT2D eigenvalue weighted by atomic mass is 10.1. The van der Waals surface area contributed by atoms with Crippen LogP contribution in [0.15, 0.2) is 29.4 Å². The van der Waals surface area contributed by atoms with Crippen molar-refractivity contribution < 1.29 is 9.18 Å². The minimum absolute atomic E-state index is 0.0888. The minimum atomic E-state index is -0.624. The number of hydrogen-bond acceptors (Lipinski definition) is 2. The summed E-state index contributed by atoms with van der Waals surface area (Å²) in [5.74, 6) is -0.629. The molecule has 0 bridgehead atoms. The number of halogens is 2. The molecule has 1 aromatic heterocycles. The van der Waals surface area contributed by atoms with Gasteiger partial charge in [0.25, 0.3) is 0 Å². The van der Waals surface area contributed by atoms with E-state index in [4.69, 9.17) is 0 Å². The Balaban J connectivity index is 2.34. The number of aromatic nitrogens is 1. The molecule has 1 atom stereocenters. The van der Waals surface area contributed by atoms with Crippen molar-refractivity contribution in [2.24, 2.45) is 5.92 Å². The first-order valence-electron chi connectivity index (χ1n) is 4.85. The first-order chi connectivity index (χ1) is 7.61. The second-order valence-corrected chi connectivity index (χ2v) is 4.58. The minimum Gasteiger partial charge on any atom is -0.308 e. The lowest BCUT2D eigenvalue weighted by Gasteiger charge is -2.16. The zero-order valence-corrected chi connectivity index (χ0v) is 10.1. The van der Waals surface area contributed by atoms with Crippen LogP contribution < -0.4 is 4.90 Å². The monoisotopic (exact) mass is 284 g/mol. The predicted octanol–water partition coefficient (Wildman–Crippen LogP) is 2.52. The average Bonchev–Trinajstić information content (AvgIpc) is 2.63. The Hall–Kier alpha value is -1.23. The molecule has 0 radical (unpaired) electrons. The van der Waals surface area contributed by atoms with Crippen LogP contribution >= 0.6 is 15.9 Å². The van der Waals surface area contributed by atoms with E-state index in [0.717, 1.165) is 0 Å². The third-order valence-electron chi connectivity index (χ3n) is 2.57. The number of rotatable bonds is 2. The largest absolute Gasteiger partial charge is 0.308 e. The molecule has 1 amide bonds. The van der Waals surface area contributed by atoms with Gasteiger partial charge in [-0.3, -0.25) is 4.79 Å². The molecule has 1 aromatic rings. The molecule has 2 rings (SSSR count). The molecule has 1 unspecified atom stereocenters.